The van der Waals surface area contributed by atoms with Crippen molar-refractivity contribution in [1.82, 2.24) is 0 Å². The summed E-state index contributed by atoms with van der Waals surface area (Å²) >= 11 is 3.53. The number of hydrogen-bond donors (Lipinski definition) is 0. The molecule has 0 unspecified atom stereocenters. The lowest BCUT2D eigenvalue weighted by molar-refractivity contribution is -0.387. The van der Waals surface area contributed by atoms with E-state index in [0.717, 1.165) is 26.7 Å². The van der Waals surface area contributed by atoms with Gasteiger partial charge in [0.1, 0.15) is 0 Å². The van der Waals surface area contributed by atoms with Crippen LogP contribution < -0.4 is 0 Å². The van der Waals surface area contributed by atoms with Crippen LogP contribution in [-0.4, -0.2) is 4.92 Å². The third-order valence-electron chi connectivity index (χ3n) is 4.08. The monoisotopic (exact) mass is 369 g/mol. The maximum atomic E-state index is 14.6. The molecule has 0 atom stereocenters. The molecule has 3 aromatic carbocycles. The van der Waals surface area contributed by atoms with Gasteiger partial charge < -0.3 is 0 Å². The van der Waals surface area contributed by atoms with Gasteiger partial charge in [-0.25, -0.2) is 0 Å². The second-order valence-corrected chi connectivity index (χ2v) is 6.14. The number of nitrogens with zero attached hydrogens (tertiary/aromatic N) is 1. The van der Waals surface area contributed by atoms with Gasteiger partial charge in [0.15, 0.2) is 0 Å². The molecule has 0 bridgehead atoms. The quantitative estimate of drug-likeness (QED) is 0.330. The molecule has 0 fully saturated rings. The number of fused-ring (bicyclic) bond motifs is 4. The zero-order chi connectivity index (χ0) is 16.1. The lowest BCUT2D eigenvalue weighted by atomic mass is 9.76. The Kier molecular flexibility index (Phi) is 3.06. The minimum atomic E-state index is -0.800. The SMILES string of the molecule is O=[N+]([O-])c1cccc(-c2cccc3c2-c2c(Br)cccc2-3)c1F. The molecule has 0 aliphatic heterocycles. The van der Waals surface area contributed by atoms with E-state index in [1.807, 2.05) is 30.3 Å². The third-order valence-corrected chi connectivity index (χ3v) is 4.74. The largest absolute Gasteiger partial charge is 0.305 e. The molecule has 3 nitrogen and oxygen atoms in total. The molecular formula is C18H9BrFNO2. The van der Waals surface area contributed by atoms with E-state index in [-0.39, 0.29) is 5.56 Å². The average molecular weight is 370 g/mol. The van der Waals surface area contributed by atoms with Gasteiger partial charge in [0.25, 0.3) is 0 Å². The van der Waals surface area contributed by atoms with Crippen LogP contribution in [0.25, 0.3) is 33.4 Å². The van der Waals surface area contributed by atoms with Crippen molar-refractivity contribution in [3.05, 3.63) is 75.0 Å². The van der Waals surface area contributed by atoms with Gasteiger partial charge >= 0.3 is 5.69 Å². The number of nitro groups is 1. The van der Waals surface area contributed by atoms with Crippen LogP contribution in [-0.2, 0) is 0 Å². The topological polar surface area (TPSA) is 43.1 Å². The summed E-state index contributed by atoms with van der Waals surface area (Å²) in [5, 5.41) is 11.0. The summed E-state index contributed by atoms with van der Waals surface area (Å²) in [6.07, 6.45) is 0. The van der Waals surface area contributed by atoms with Gasteiger partial charge in [0.2, 0.25) is 5.82 Å². The van der Waals surface area contributed by atoms with Crippen molar-refractivity contribution in [2.24, 2.45) is 0 Å². The van der Waals surface area contributed by atoms with E-state index in [4.69, 9.17) is 0 Å². The summed E-state index contributed by atoms with van der Waals surface area (Å²) in [7, 11) is 0. The van der Waals surface area contributed by atoms with Gasteiger partial charge in [0, 0.05) is 21.7 Å². The second-order valence-electron chi connectivity index (χ2n) is 5.29. The van der Waals surface area contributed by atoms with Gasteiger partial charge in [-0.15, -0.1) is 0 Å². The summed E-state index contributed by atoms with van der Waals surface area (Å²) in [6.45, 7) is 0. The predicted octanol–water partition coefficient (Wildman–Crippen LogP) is 5.81. The number of halogens is 2. The van der Waals surface area contributed by atoms with Crippen LogP contribution in [0, 0.1) is 15.9 Å². The van der Waals surface area contributed by atoms with Crippen molar-refractivity contribution in [3.8, 4) is 33.4 Å². The molecule has 0 radical (unpaired) electrons. The van der Waals surface area contributed by atoms with E-state index in [2.05, 4.69) is 15.9 Å². The van der Waals surface area contributed by atoms with E-state index in [1.54, 1.807) is 12.1 Å². The first kappa shape index (κ1) is 14.1. The molecule has 3 aromatic rings. The number of rotatable bonds is 2. The Labute approximate surface area is 139 Å². The Morgan fingerprint density at radius 3 is 2.04 bits per heavy atom. The second kappa shape index (κ2) is 4.99. The van der Waals surface area contributed by atoms with E-state index >= 15 is 0 Å². The minimum absolute atomic E-state index is 0.248. The molecule has 0 heterocycles. The van der Waals surface area contributed by atoms with Crippen molar-refractivity contribution in [2.45, 2.75) is 0 Å². The summed E-state index contributed by atoms with van der Waals surface area (Å²) < 4.78 is 15.5. The van der Waals surface area contributed by atoms with Crippen molar-refractivity contribution in [3.63, 3.8) is 0 Å². The fraction of sp³-hybridized carbons (Fsp3) is 0. The first-order chi connectivity index (χ1) is 11.1. The Balaban J connectivity index is 1.98. The molecule has 0 N–H and O–H groups in total. The summed E-state index contributed by atoms with van der Waals surface area (Å²) in [6, 6.07) is 15.8. The number of hydrogen-bond acceptors (Lipinski definition) is 2. The molecule has 112 valence electrons. The highest BCUT2D eigenvalue weighted by molar-refractivity contribution is 9.10. The maximum Gasteiger partial charge on any atom is 0.305 e. The molecular weight excluding hydrogens is 361 g/mol. The van der Waals surface area contributed by atoms with E-state index in [1.165, 1.54) is 12.1 Å². The Morgan fingerprint density at radius 2 is 1.35 bits per heavy atom. The fourth-order valence-corrected chi connectivity index (χ4v) is 3.64. The van der Waals surface area contributed by atoms with Crippen LogP contribution in [0.15, 0.2) is 59.1 Å². The fourth-order valence-electron chi connectivity index (χ4n) is 3.08. The van der Waals surface area contributed by atoms with Crippen molar-refractivity contribution >= 4 is 21.6 Å². The average Bonchev–Trinajstić information content (AvgIpc) is 2.52. The van der Waals surface area contributed by atoms with Gasteiger partial charge in [0.05, 0.1) is 4.92 Å². The standard InChI is InChI=1S/C18H9BrFNO2/c19-14-8-2-6-11-10-4-1-5-12(16(10)17(11)14)13-7-3-9-15(18(13)20)21(22)23/h1-9H. The molecule has 0 aromatic heterocycles. The highest BCUT2D eigenvalue weighted by atomic mass is 79.9. The highest BCUT2D eigenvalue weighted by Gasteiger charge is 2.29. The van der Waals surface area contributed by atoms with Crippen LogP contribution in [0.3, 0.4) is 0 Å². The Hall–Kier alpha value is -2.53. The first-order valence-corrected chi connectivity index (χ1v) is 7.74. The van der Waals surface area contributed by atoms with Gasteiger partial charge in [-0.1, -0.05) is 58.4 Å². The van der Waals surface area contributed by atoms with Gasteiger partial charge in [-0.05, 0) is 28.3 Å². The predicted molar refractivity (Wildman–Crippen MR) is 90.6 cm³/mol. The van der Waals surface area contributed by atoms with Crippen molar-refractivity contribution in [2.75, 3.05) is 0 Å². The lowest BCUT2D eigenvalue weighted by Crippen LogP contribution is -2.03. The van der Waals surface area contributed by atoms with E-state index in [9.17, 15) is 14.5 Å². The Morgan fingerprint density at radius 1 is 0.826 bits per heavy atom. The molecule has 23 heavy (non-hydrogen) atoms. The van der Waals surface area contributed by atoms with Crippen LogP contribution in [0.4, 0.5) is 10.1 Å². The van der Waals surface area contributed by atoms with Crippen molar-refractivity contribution in [1.29, 1.82) is 0 Å². The van der Waals surface area contributed by atoms with Gasteiger partial charge in [-0.2, -0.15) is 4.39 Å². The van der Waals surface area contributed by atoms with E-state index < -0.39 is 16.4 Å². The normalized spacial score (nSPS) is 11.4. The van der Waals surface area contributed by atoms with Gasteiger partial charge in [-0.3, -0.25) is 10.1 Å². The zero-order valence-corrected chi connectivity index (χ0v) is 13.3. The smallest absolute Gasteiger partial charge is 0.258 e. The maximum absolute atomic E-state index is 14.6. The molecule has 1 aliphatic rings. The third kappa shape index (κ3) is 1.93. The van der Waals surface area contributed by atoms with Crippen LogP contribution in [0.1, 0.15) is 0 Å². The molecule has 0 saturated carbocycles. The summed E-state index contributed by atoms with van der Waals surface area (Å²) in [5.74, 6) is -0.800. The highest BCUT2D eigenvalue weighted by Crippen LogP contribution is 2.54. The Bertz CT molecular complexity index is 985. The van der Waals surface area contributed by atoms with Crippen molar-refractivity contribution < 1.29 is 9.31 Å². The molecule has 4 rings (SSSR count). The molecule has 5 heteroatoms. The molecule has 0 amide bonds. The minimum Gasteiger partial charge on any atom is -0.258 e. The molecule has 0 spiro atoms. The number of nitro benzene ring substituents is 1. The summed E-state index contributed by atoms with van der Waals surface area (Å²) in [4.78, 5) is 10.3. The first-order valence-electron chi connectivity index (χ1n) is 6.95. The zero-order valence-electron chi connectivity index (χ0n) is 11.7. The van der Waals surface area contributed by atoms with E-state index in [0.29, 0.717) is 5.56 Å². The van der Waals surface area contributed by atoms with Crippen LogP contribution in [0.5, 0.6) is 0 Å². The molecule has 1 aliphatic carbocycles. The molecule has 0 saturated heterocycles. The summed E-state index contributed by atoms with van der Waals surface area (Å²) in [5.41, 5.74) is 4.48. The lowest BCUT2D eigenvalue weighted by Gasteiger charge is -2.28. The number of benzene rings is 3. The van der Waals surface area contributed by atoms with Crippen LogP contribution >= 0.6 is 15.9 Å². The van der Waals surface area contributed by atoms with Crippen LogP contribution in [0.2, 0.25) is 0 Å².